The molecular formula is C44H28N2O2. The van der Waals surface area contributed by atoms with Gasteiger partial charge in [0.2, 0.25) is 0 Å². The molecule has 0 aliphatic carbocycles. The summed E-state index contributed by atoms with van der Waals surface area (Å²) in [7, 11) is 0. The van der Waals surface area contributed by atoms with E-state index in [9.17, 15) is 0 Å². The highest BCUT2D eigenvalue weighted by Gasteiger charge is 2.19. The average molecular weight is 617 g/mol. The molecule has 0 fully saturated rings. The Hall–Kier alpha value is -6.52. The van der Waals surface area contributed by atoms with Crippen molar-refractivity contribution in [2.45, 2.75) is 0 Å². The monoisotopic (exact) mass is 616 g/mol. The first-order chi connectivity index (χ1) is 23.8. The minimum atomic E-state index is 0.809. The summed E-state index contributed by atoms with van der Waals surface area (Å²) in [6, 6.07) is 52.1. The van der Waals surface area contributed by atoms with Gasteiger partial charge in [0.05, 0.1) is 0 Å². The molecule has 0 saturated carbocycles. The summed E-state index contributed by atoms with van der Waals surface area (Å²) in [5.41, 5.74) is 13.0. The smallest absolute Gasteiger partial charge is 0.181 e. The van der Waals surface area contributed by atoms with Crippen molar-refractivity contribution in [3.05, 3.63) is 171 Å². The van der Waals surface area contributed by atoms with Crippen LogP contribution in [0.3, 0.4) is 0 Å². The molecular weight excluding hydrogens is 588 g/mol. The third-order valence-electron chi connectivity index (χ3n) is 9.11. The lowest BCUT2D eigenvalue weighted by Gasteiger charge is -2.20. The van der Waals surface area contributed by atoms with E-state index in [4.69, 9.17) is 8.83 Å². The molecule has 0 unspecified atom stereocenters. The van der Waals surface area contributed by atoms with Crippen LogP contribution in [0.25, 0.3) is 88.6 Å². The zero-order chi connectivity index (χ0) is 31.9. The Morgan fingerprint density at radius 3 is 1.40 bits per heavy atom. The van der Waals surface area contributed by atoms with Gasteiger partial charge >= 0.3 is 0 Å². The maximum absolute atomic E-state index is 5.35. The number of hydrogen-bond donors (Lipinski definition) is 0. The Bertz CT molecular complexity index is 2550. The summed E-state index contributed by atoms with van der Waals surface area (Å²) in [6.45, 7) is 0. The van der Waals surface area contributed by atoms with E-state index < -0.39 is 0 Å². The average Bonchev–Trinajstić information content (AvgIpc) is 3.90. The van der Waals surface area contributed by atoms with Crippen LogP contribution in [-0.2, 0) is 0 Å². The van der Waals surface area contributed by atoms with Gasteiger partial charge in [-0.3, -0.25) is 0 Å². The van der Waals surface area contributed by atoms with Gasteiger partial charge in [-0.2, -0.15) is 0 Å². The molecule has 0 atom stereocenters. The number of hydrogen-bond acceptors (Lipinski definition) is 4. The van der Waals surface area contributed by atoms with Crippen molar-refractivity contribution in [3.8, 4) is 67.0 Å². The highest BCUT2D eigenvalue weighted by atomic mass is 16.3. The number of nitrogens with zero attached hydrogens (tertiary/aromatic N) is 2. The first-order valence-corrected chi connectivity index (χ1v) is 15.9. The highest BCUT2D eigenvalue weighted by molar-refractivity contribution is 6.22. The summed E-state index contributed by atoms with van der Waals surface area (Å²) in [5.74, 6) is 0. The van der Waals surface area contributed by atoms with Gasteiger partial charge in [-0.25, -0.2) is 9.97 Å². The molecule has 0 spiro atoms. The molecule has 226 valence electrons. The standard InChI is InChI=1S/C44H28N2O2/c1-2-10-29(11-3-1)35-16-4-5-17-36(35)30-20-21-39-40(24-30)44(34-15-9-13-32(23-34)42-26-48-28-46-42)38-19-7-6-18-37(38)43(39)33-14-8-12-31(22-33)41-25-47-27-45-41/h1-28H. The number of oxazole rings is 2. The molecule has 0 amide bonds. The van der Waals surface area contributed by atoms with Crippen molar-refractivity contribution in [1.82, 2.24) is 9.97 Å². The summed E-state index contributed by atoms with van der Waals surface area (Å²) >= 11 is 0. The second-order valence-corrected chi connectivity index (χ2v) is 11.9. The fourth-order valence-electron chi connectivity index (χ4n) is 6.95. The van der Waals surface area contributed by atoms with Crippen LogP contribution in [0.15, 0.2) is 180 Å². The summed E-state index contributed by atoms with van der Waals surface area (Å²) < 4.78 is 10.7. The van der Waals surface area contributed by atoms with Crippen LogP contribution in [0.4, 0.5) is 0 Å². The number of fused-ring (bicyclic) bond motifs is 2. The van der Waals surface area contributed by atoms with Crippen LogP contribution in [0.2, 0.25) is 0 Å². The highest BCUT2D eigenvalue weighted by Crippen LogP contribution is 2.46. The molecule has 2 aromatic heterocycles. The molecule has 9 rings (SSSR count). The first-order valence-electron chi connectivity index (χ1n) is 15.9. The van der Waals surface area contributed by atoms with E-state index in [2.05, 4.69) is 156 Å². The van der Waals surface area contributed by atoms with E-state index >= 15 is 0 Å². The molecule has 0 aliphatic rings. The molecule has 9 aromatic rings. The molecule has 0 N–H and O–H groups in total. The van der Waals surface area contributed by atoms with Gasteiger partial charge in [-0.1, -0.05) is 127 Å². The largest absolute Gasteiger partial charge is 0.451 e. The predicted octanol–water partition coefficient (Wildman–Crippen LogP) is 12.0. The third kappa shape index (κ3) is 4.79. The lowest BCUT2D eigenvalue weighted by molar-refractivity contribution is 0.558. The quantitative estimate of drug-likeness (QED) is 0.174. The molecule has 0 bridgehead atoms. The molecule has 4 heteroatoms. The third-order valence-corrected chi connectivity index (χ3v) is 9.11. The molecule has 7 aromatic carbocycles. The van der Waals surface area contributed by atoms with E-state index in [0.29, 0.717) is 0 Å². The van der Waals surface area contributed by atoms with Crippen LogP contribution in [0, 0.1) is 0 Å². The normalized spacial score (nSPS) is 11.3. The second kappa shape index (κ2) is 11.7. The SMILES string of the molecule is c1ccc(-c2ccccc2-c2ccc3c(-c4cccc(-c5cocn5)c4)c4ccccc4c(-c4cccc(-c5cocn5)c4)c3c2)cc1. The Morgan fingerprint density at radius 2 is 0.812 bits per heavy atom. The van der Waals surface area contributed by atoms with E-state index in [1.54, 1.807) is 12.5 Å². The Kier molecular flexibility index (Phi) is 6.76. The van der Waals surface area contributed by atoms with Crippen molar-refractivity contribution in [1.29, 1.82) is 0 Å². The summed E-state index contributed by atoms with van der Waals surface area (Å²) in [5, 5.41) is 4.71. The van der Waals surface area contributed by atoms with Crippen molar-refractivity contribution in [2.24, 2.45) is 0 Å². The summed E-state index contributed by atoms with van der Waals surface area (Å²) in [6.07, 6.45) is 6.34. The minimum Gasteiger partial charge on any atom is -0.451 e. The zero-order valence-corrected chi connectivity index (χ0v) is 25.9. The Morgan fingerprint density at radius 1 is 0.333 bits per heavy atom. The van der Waals surface area contributed by atoms with Gasteiger partial charge < -0.3 is 8.83 Å². The van der Waals surface area contributed by atoms with E-state index in [0.717, 1.165) is 39.2 Å². The van der Waals surface area contributed by atoms with Crippen molar-refractivity contribution < 1.29 is 8.83 Å². The van der Waals surface area contributed by atoms with E-state index in [1.165, 1.54) is 62.1 Å². The van der Waals surface area contributed by atoms with Gasteiger partial charge in [-0.05, 0) is 84.3 Å². The van der Waals surface area contributed by atoms with Crippen LogP contribution < -0.4 is 0 Å². The Labute approximate surface area is 277 Å². The first kappa shape index (κ1) is 27.8. The second-order valence-electron chi connectivity index (χ2n) is 11.9. The van der Waals surface area contributed by atoms with E-state index in [-0.39, 0.29) is 0 Å². The van der Waals surface area contributed by atoms with Crippen molar-refractivity contribution >= 4 is 21.5 Å². The molecule has 0 aliphatic heterocycles. The molecule has 2 heterocycles. The minimum absolute atomic E-state index is 0.809. The van der Waals surface area contributed by atoms with Crippen LogP contribution >= 0.6 is 0 Å². The summed E-state index contributed by atoms with van der Waals surface area (Å²) in [4.78, 5) is 8.87. The fourth-order valence-corrected chi connectivity index (χ4v) is 6.95. The molecule has 48 heavy (non-hydrogen) atoms. The van der Waals surface area contributed by atoms with Crippen LogP contribution in [0.1, 0.15) is 0 Å². The molecule has 0 saturated heterocycles. The lowest BCUT2D eigenvalue weighted by atomic mass is 9.83. The number of rotatable bonds is 6. The number of aromatic nitrogens is 2. The van der Waals surface area contributed by atoms with Crippen molar-refractivity contribution in [2.75, 3.05) is 0 Å². The van der Waals surface area contributed by atoms with Gasteiger partial charge in [0.25, 0.3) is 0 Å². The zero-order valence-electron chi connectivity index (χ0n) is 25.9. The predicted molar refractivity (Wildman–Crippen MR) is 194 cm³/mol. The fraction of sp³-hybridized carbons (Fsp3) is 0. The Balaban J connectivity index is 1.36. The molecule has 0 radical (unpaired) electrons. The maximum Gasteiger partial charge on any atom is 0.181 e. The maximum atomic E-state index is 5.35. The molecule has 4 nitrogen and oxygen atoms in total. The van der Waals surface area contributed by atoms with Gasteiger partial charge in [-0.15, -0.1) is 0 Å². The van der Waals surface area contributed by atoms with Gasteiger partial charge in [0, 0.05) is 11.1 Å². The van der Waals surface area contributed by atoms with Crippen LogP contribution in [0.5, 0.6) is 0 Å². The van der Waals surface area contributed by atoms with Gasteiger partial charge in [0.1, 0.15) is 23.9 Å². The van der Waals surface area contributed by atoms with E-state index in [1.807, 2.05) is 0 Å². The van der Waals surface area contributed by atoms with Crippen molar-refractivity contribution in [3.63, 3.8) is 0 Å². The van der Waals surface area contributed by atoms with Gasteiger partial charge in [0.15, 0.2) is 12.8 Å². The van der Waals surface area contributed by atoms with Crippen LogP contribution in [-0.4, -0.2) is 9.97 Å². The number of benzene rings is 7. The lowest BCUT2D eigenvalue weighted by Crippen LogP contribution is -1.93. The topological polar surface area (TPSA) is 52.1 Å².